The fraction of sp³-hybridized carbons (Fsp3) is 0.727. The lowest BCUT2D eigenvalue weighted by atomic mass is 10.2. The van der Waals surface area contributed by atoms with Crippen LogP contribution in [-0.2, 0) is 6.54 Å². The van der Waals surface area contributed by atoms with E-state index in [0.717, 1.165) is 37.8 Å². The molecule has 1 saturated heterocycles. The lowest BCUT2D eigenvalue weighted by molar-refractivity contribution is 0.474. The molecule has 0 radical (unpaired) electrons. The van der Waals surface area contributed by atoms with Gasteiger partial charge in [0, 0.05) is 38.4 Å². The van der Waals surface area contributed by atoms with Crippen molar-refractivity contribution in [1.29, 1.82) is 0 Å². The van der Waals surface area contributed by atoms with Crippen LogP contribution in [0.1, 0.15) is 19.5 Å². The molecule has 0 bridgehead atoms. The Morgan fingerprint density at radius 1 is 1.60 bits per heavy atom. The maximum absolute atomic E-state index is 4.60. The van der Waals surface area contributed by atoms with Crippen LogP contribution in [0.3, 0.4) is 0 Å². The highest BCUT2D eigenvalue weighted by Crippen LogP contribution is 2.15. The Morgan fingerprint density at radius 3 is 3.07 bits per heavy atom. The van der Waals surface area contributed by atoms with Crippen molar-refractivity contribution in [2.24, 2.45) is 0 Å². The van der Waals surface area contributed by atoms with Crippen LogP contribution in [0.15, 0.2) is 6.20 Å². The molecule has 2 rings (SSSR count). The maximum Gasteiger partial charge on any atom is 0.205 e. The van der Waals surface area contributed by atoms with Gasteiger partial charge < -0.3 is 14.8 Å². The van der Waals surface area contributed by atoms with Crippen LogP contribution in [-0.4, -0.2) is 35.2 Å². The van der Waals surface area contributed by atoms with E-state index in [1.54, 1.807) is 0 Å². The van der Waals surface area contributed by atoms with E-state index >= 15 is 0 Å². The van der Waals surface area contributed by atoms with Gasteiger partial charge in [0.05, 0.1) is 5.69 Å². The number of anilines is 1. The molecule has 0 aromatic carbocycles. The molecule has 4 nitrogen and oxygen atoms in total. The summed E-state index contributed by atoms with van der Waals surface area (Å²) < 4.78 is 2.23. The van der Waals surface area contributed by atoms with Gasteiger partial charge in [0.2, 0.25) is 5.95 Å². The first kappa shape index (κ1) is 10.5. The number of nitrogens with one attached hydrogen (secondary N) is 1. The molecule has 0 amide bonds. The quantitative estimate of drug-likeness (QED) is 0.787. The van der Waals surface area contributed by atoms with Crippen LogP contribution in [0.4, 0.5) is 5.95 Å². The third kappa shape index (κ3) is 2.15. The highest BCUT2D eigenvalue weighted by Gasteiger charge is 2.19. The number of piperazine rings is 1. The predicted octanol–water partition coefficient (Wildman–Crippen LogP) is 1.01. The minimum absolute atomic E-state index is 0.557. The van der Waals surface area contributed by atoms with Crippen LogP contribution in [0.5, 0.6) is 0 Å². The molecular formula is C11H20N4. The van der Waals surface area contributed by atoms with Crippen molar-refractivity contribution in [3.8, 4) is 0 Å². The summed E-state index contributed by atoms with van der Waals surface area (Å²) in [4.78, 5) is 6.97. The molecule has 1 N–H and O–H groups in total. The summed E-state index contributed by atoms with van der Waals surface area (Å²) in [6, 6.07) is 0.557. The molecule has 84 valence electrons. The van der Waals surface area contributed by atoms with Crippen molar-refractivity contribution >= 4 is 5.95 Å². The Kier molecular flexibility index (Phi) is 2.95. The Bertz CT molecular complexity index is 331. The van der Waals surface area contributed by atoms with Gasteiger partial charge >= 0.3 is 0 Å². The summed E-state index contributed by atoms with van der Waals surface area (Å²) in [7, 11) is 0. The summed E-state index contributed by atoms with van der Waals surface area (Å²) in [6.07, 6.45) is 2.13. The van der Waals surface area contributed by atoms with Gasteiger partial charge in [-0.1, -0.05) is 0 Å². The van der Waals surface area contributed by atoms with E-state index in [1.807, 2.05) is 0 Å². The number of imidazole rings is 1. The van der Waals surface area contributed by atoms with Crippen molar-refractivity contribution in [3.63, 3.8) is 0 Å². The lowest BCUT2D eigenvalue weighted by Gasteiger charge is -2.32. The summed E-state index contributed by atoms with van der Waals surface area (Å²) in [5, 5.41) is 3.45. The van der Waals surface area contributed by atoms with Crippen LogP contribution in [0.25, 0.3) is 0 Å². The van der Waals surface area contributed by atoms with Gasteiger partial charge in [-0.2, -0.15) is 0 Å². The van der Waals surface area contributed by atoms with Gasteiger partial charge in [0.15, 0.2) is 0 Å². The molecule has 1 atom stereocenters. The van der Waals surface area contributed by atoms with Gasteiger partial charge in [-0.15, -0.1) is 0 Å². The fourth-order valence-corrected chi connectivity index (χ4v) is 2.13. The second-order valence-electron chi connectivity index (χ2n) is 4.27. The standard InChI is InChI=1S/C11H20N4/c1-4-14-8-10(3)13-11(14)15-6-5-12-9(2)7-15/h8-9,12H,4-7H2,1-3H3. The molecule has 4 heteroatoms. The van der Waals surface area contributed by atoms with Gasteiger partial charge in [-0.3, -0.25) is 0 Å². The Labute approximate surface area is 91.3 Å². The normalized spacial score (nSPS) is 22.1. The maximum atomic E-state index is 4.60. The highest BCUT2D eigenvalue weighted by molar-refractivity contribution is 5.34. The number of hydrogen-bond acceptors (Lipinski definition) is 3. The first-order chi connectivity index (χ1) is 7.20. The second-order valence-corrected chi connectivity index (χ2v) is 4.27. The smallest absolute Gasteiger partial charge is 0.205 e. The number of nitrogens with zero attached hydrogens (tertiary/aromatic N) is 3. The first-order valence-corrected chi connectivity index (χ1v) is 5.72. The number of aryl methyl sites for hydroxylation is 2. The zero-order valence-electron chi connectivity index (χ0n) is 9.82. The van der Waals surface area contributed by atoms with Gasteiger partial charge in [0.1, 0.15) is 0 Å². The molecule has 2 heterocycles. The molecule has 1 aliphatic rings. The summed E-state index contributed by atoms with van der Waals surface area (Å²) in [5.41, 5.74) is 1.11. The average molecular weight is 208 g/mol. The highest BCUT2D eigenvalue weighted by atomic mass is 15.3. The number of aromatic nitrogens is 2. The lowest BCUT2D eigenvalue weighted by Crippen LogP contribution is -2.50. The van der Waals surface area contributed by atoms with E-state index < -0.39 is 0 Å². The minimum atomic E-state index is 0.557. The molecule has 0 saturated carbocycles. The first-order valence-electron chi connectivity index (χ1n) is 5.72. The van der Waals surface area contributed by atoms with E-state index in [2.05, 4.69) is 46.7 Å². The third-order valence-corrected chi connectivity index (χ3v) is 2.87. The molecule has 0 spiro atoms. The van der Waals surface area contributed by atoms with Crippen molar-refractivity contribution < 1.29 is 0 Å². The summed E-state index contributed by atoms with van der Waals surface area (Å²) in [6.45, 7) is 10.6. The van der Waals surface area contributed by atoms with Crippen molar-refractivity contribution in [2.45, 2.75) is 33.4 Å². The number of hydrogen-bond donors (Lipinski definition) is 1. The third-order valence-electron chi connectivity index (χ3n) is 2.87. The number of rotatable bonds is 2. The van der Waals surface area contributed by atoms with E-state index in [0.29, 0.717) is 6.04 Å². The minimum Gasteiger partial charge on any atom is -0.339 e. The van der Waals surface area contributed by atoms with Crippen LogP contribution < -0.4 is 10.2 Å². The zero-order chi connectivity index (χ0) is 10.8. The largest absolute Gasteiger partial charge is 0.339 e. The van der Waals surface area contributed by atoms with Crippen LogP contribution >= 0.6 is 0 Å². The van der Waals surface area contributed by atoms with Crippen LogP contribution in [0, 0.1) is 6.92 Å². The molecule has 1 aromatic heterocycles. The summed E-state index contributed by atoms with van der Waals surface area (Å²) in [5.74, 6) is 1.13. The molecule has 1 aromatic rings. The van der Waals surface area contributed by atoms with E-state index in [1.165, 1.54) is 0 Å². The van der Waals surface area contributed by atoms with Gasteiger partial charge in [-0.05, 0) is 20.8 Å². The predicted molar refractivity (Wildman–Crippen MR) is 62.3 cm³/mol. The molecule has 1 fully saturated rings. The molecule has 1 aliphatic heterocycles. The van der Waals surface area contributed by atoms with E-state index in [-0.39, 0.29) is 0 Å². The van der Waals surface area contributed by atoms with Crippen molar-refractivity contribution in [3.05, 3.63) is 11.9 Å². The van der Waals surface area contributed by atoms with Crippen LogP contribution in [0.2, 0.25) is 0 Å². The molecular weight excluding hydrogens is 188 g/mol. The second kappa shape index (κ2) is 4.23. The molecule has 0 aliphatic carbocycles. The molecule has 1 unspecified atom stereocenters. The summed E-state index contributed by atoms with van der Waals surface area (Å²) >= 11 is 0. The zero-order valence-corrected chi connectivity index (χ0v) is 9.82. The average Bonchev–Trinajstić information content (AvgIpc) is 2.59. The van der Waals surface area contributed by atoms with Gasteiger partial charge in [-0.25, -0.2) is 4.98 Å². The van der Waals surface area contributed by atoms with Crippen molar-refractivity contribution in [2.75, 3.05) is 24.5 Å². The SMILES string of the molecule is CCn1cc(C)nc1N1CCNC(C)C1. The Hall–Kier alpha value is -1.03. The topological polar surface area (TPSA) is 33.1 Å². The fourth-order valence-electron chi connectivity index (χ4n) is 2.13. The van der Waals surface area contributed by atoms with Crippen molar-refractivity contribution in [1.82, 2.24) is 14.9 Å². The van der Waals surface area contributed by atoms with E-state index in [9.17, 15) is 0 Å². The Balaban J connectivity index is 2.19. The molecule has 15 heavy (non-hydrogen) atoms. The van der Waals surface area contributed by atoms with E-state index in [4.69, 9.17) is 0 Å². The monoisotopic (exact) mass is 208 g/mol. The van der Waals surface area contributed by atoms with Gasteiger partial charge in [0.25, 0.3) is 0 Å². The Morgan fingerprint density at radius 2 is 2.40 bits per heavy atom.